The lowest BCUT2D eigenvalue weighted by molar-refractivity contribution is -0.150. The van der Waals surface area contributed by atoms with Gasteiger partial charge < -0.3 is 10.5 Å². The molecule has 0 bridgehead atoms. The van der Waals surface area contributed by atoms with E-state index >= 15 is 0 Å². The highest BCUT2D eigenvalue weighted by atomic mass is 16.5. The van der Waals surface area contributed by atoms with Gasteiger partial charge in [0.1, 0.15) is 6.10 Å². The third kappa shape index (κ3) is 4.87. The number of carbonyl (C=O) groups excluding carboxylic acids is 2. The van der Waals surface area contributed by atoms with Crippen molar-refractivity contribution in [1.82, 2.24) is 0 Å². The molecule has 4 rings (SSSR count). The second kappa shape index (κ2) is 9.65. The van der Waals surface area contributed by atoms with Crippen LogP contribution < -0.4 is 10.6 Å². The average molecular weight is 445 g/mol. The molecule has 1 aliphatic carbocycles. The maximum absolute atomic E-state index is 13.2. The minimum atomic E-state index is -0.539. The second-order valence-electron chi connectivity index (χ2n) is 9.32. The van der Waals surface area contributed by atoms with Crippen LogP contribution in [0.1, 0.15) is 68.7 Å². The normalized spacial score (nSPS) is 18.4. The van der Waals surface area contributed by atoms with Crippen molar-refractivity contribution < 1.29 is 14.3 Å². The summed E-state index contributed by atoms with van der Waals surface area (Å²) in [4.78, 5) is 27.2. The van der Waals surface area contributed by atoms with E-state index in [0.29, 0.717) is 18.0 Å². The van der Waals surface area contributed by atoms with Crippen molar-refractivity contribution in [2.45, 2.75) is 58.5 Å². The molecular weight excluding hydrogens is 412 g/mol. The van der Waals surface area contributed by atoms with Gasteiger partial charge in [0.25, 0.3) is 0 Å². The number of para-hydroxylation sites is 1. The lowest BCUT2D eigenvalue weighted by atomic mass is 9.95. The zero-order chi connectivity index (χ0) is 23.5. The Morgan fingerprint density at radius 3 is 2.42 bits per heavy atom. The Balaban J connectivity index is 1.61. The number of urea groups is 1. The Hall–Kier alpha value is -3.34. The van der Waals surface area contributed by atoms with Crippen molar-refractivity contribution in [1.29, 1.82) is 0 Å². The fraction of sp³-hybridized carbons (Fsp3) is 0.357. The quantitative estimate of drug-likeness (QED) is 0.561. The predicted molar refractivity (Wildman–Crippen MR) is 131 cm³/mol. The third-order valence-electron chi connectivity index (χ3n) is 6.35. The molecule has 172 valence electrons. The van der Waals surface area contributed by atoms with E-state index in [2.05, 4.69) is 32.1 Å². The van der Waals surface area contributed by atoms with E-state index in [-0.39, 0.29) is 5.97 Å². The number of primary amides is 1. The highest BCUT2D eigenvalue weighted by Gasteiger charge is 2.34. The molecule has 1 heterocycles. The van der Waals surface area contributed by atoms with Crippen molar-refractivity contribution in [3.05, 3.63) is 88.6 Å². The molecule has 0 saturated carbocycles. The van der Waals surface area contributed by atoms with Gasteiger partial charge in [0.05, 0.1) is 11.6 Å². The predicted octanol–water partition coefficient (Wildman–Crippen LogP) is 6.17. The summed E-state index contributed by atoms with van der Waals surface area (Å²) in [6.45, 7) is 6.27. The minimum Gasteiger partial charge on any atom is -0.457 e. The van der Waals surface area contributed by atoms with E-state index in [1.165, 1.54) is 5.56 Å². The maximum Gasteiger partial charge on any atom is 0.323 e. The molecule has 0 aromatic heterocycles. The van der Waals surface area contributed by atoms with Gasteiger partial charge >= 0.3 is 12.0 Å². The Kier molecular flexibility index (Phi) is 6.68. The molecule has 0 fully saturated rings. The number of hydrogen-bond acceptors (Lipinski definition) is 3. The summed E-state index contributed by atoms with van der Waals surface area (Å²) in [6.07, 6.45) is 6.93. The number of nitrogens with zero attached hydrogens (tertiary/aromatic N) is 1. The van der Waals surface area contributed by atoms with Gasteiger partial charge in [-0.25, -0.2) is 4.79 Å². The van der Waals surface area contributed by atoms with Gasteiger partial charge in [0.2, 0.25) is 0 Å². The van der Waals surface area contributed by atoms with Crippen LogP contribution in [-0.2, 0) is 16.0 Å². The van der Waals surface area contributed by atoms with Crippen LogP contribution in [0.5, 0.6) is 0 Å². The summed E-state index contributed by atoms with van der Waals surface area (Å²) >= 11 is 0. The zero-order valence-corrected chi connectivity index (χ0v) is 19.6. The van der Waals surface area contributed by atoms with Crippen LogP contribution in [0.25, 0.3) is 0 Å². The van der Waals surface area contributed by atoms with Gasteiger partial charge in [0.15, 0.2) is 0 Å². The number of esters is 1. The highest BCUT2D eigenvalue weighted by Crippen LogP contribution is 2.43. The Labute approximate surface area is 195 Å². The van der Waals surface area contributed by atoms with Crippen molar-refractivity contribution in [3.8, 4) is 0 Å². The molecular formula is C28H32N2O3. The number of rotatable bonds is 5. The first kappa shape index (κ1) is 22.8. The van der Waals surface area contributed by atoms with Gasteiger partial charge in [0, 0.05) is 17.7 Å². The number of amides is 2. The Morgan fingerprint density at radius 2 is 1.73 bits per heavy atom. The van der Waals surface area contributed by atoms with E-state index in [1.54, 1.807) is 4.90 Å². The molecule has 33 heavy (non-hydrogen) atoms. The molecule has 2 aromatic carbocycles. The fourth-order valence-corrected chi connectivity index (χ4v) is 4.67. The monoisotopic (exact) mass is 444 g/mol. The SMILES string of the molecule is CC(C)Cc1ccc([C@@H](C)C(=O)O[C@@H]2CC3=CCCC=C3N(C(N)=O)c3ccccc32)cc1. The first-order valence-corrected chi connectivity index (χ1v) is 11.7. The van der Waals surface area contributed by atoms with Gasteiger partial charge in [-0.15, -0.1) is 0 Å². The van der Waals surface area contributed by atoms with Crippen molar-refractivity contribution >= 4 is 17.7 Å². The molecule has 5 nitrogen and oxygen atoms in total. The van der Waals surface area contributed by atoms with Crippen LogP contribution in [0, 0.1) is 5.92 Å². The van der Waals surface area contributed by atoms with Crippen molar-refractivity contribution in [2.75, 3.05) is 4.90 Å². The number of fused-ring (bicyclic) bond motifs is 2. The molecule has 1 aliphatic heterocycles. The van der Waals surface area contributed by atoms with E-state index in [0.717, 1.165) is 41.7 Å². The summed E-state index contributed by atoms with van der Waals surface area (Å²) in [7, 11) is 0. The van der Waals surface area contributed by atoms with Crippen LogP contribution in [0.3, 0.4) is 0 Å². The number of carbonyl (C=O) groups is 2. The zero-order valence-electron chi connectivity index (χ0n) is 19.6. The van der Waals surface area contributed by atoms with Crippen LogP contribution in [0.4, 0.5) is 10.5 Å². The van der Waals surface area contributed by atoms with Crippen LogP contribution in [0.15, 0.2) is 72.0 Å². The lowest BCUT2D eigenvalue weighted by Gasteiger charge is -2.25. The number of nitrogens with two attached hydrogens (primary N) is 1. The molecule has 2 aromatic rings. The van der Waals surface area contributed by atoms with E-state index in [9.17, 15) is 9.59 Å². The van der Waals surface area contributed by atoms with Crippen LogP contribution >= 0.6 is 0 Å². The minimum absolute atomic E-state index is 0.277. The third-order valence-corrected chi connectivity index (χ3v) is 6.35. The highest BCUT2D eigenvalue weighted by molar-refractivity contribution is 5.96. The smallest absolute Gasteiger partial charge is 0.323 e. The molecule has 2 amide bonds. The molecule has 0 saturated heterocycles. The lowest BCUT2D eigenvalue weighted by Crippen LogP contribution is -2.36. The number of allylic oxidation sites excluding steroid dienone is 3. The van der Waals surface area contributed by atoms with Crippen LogP contribution in [-0.4, -0.2) is 12.0 Å². The summed E-state index contributed by atoms with van der Waals surface area (Å²) in [5.41, 5.74) is 11.2. The van der Waals surface area contributed by atoms with Gasteiger partial charge in [-0.2, -0.15) is 0 Å². The summed E-state index contributed by atoms with van der Waals surface area (Å²) in [6, 6.07) is 15.2. The second-order valence-corrected chi connectivity index (χ2v) is 9.32. The number of ether oxygens (including phenoxy) is 1. The number of hydrogen-bond donors (Lipinski definition) is 1. The first-order chi connectivity index (χ1) is 15.8. The van der Waals surface area contributed by atoms with Gasteiger partial charge in [-0.05, 0) is 54.9 Å². The molecule has 2 aliphatic rings. The van der Waals surface area contributed by atoms with Gasteiger partial charge in [-0.1, -0.05) is 68.5 Å². The largest absolute Gasteiger partial charge is 0.457 e. The standard InChI is InChI=1S/C28H32N2O3/c1-18(2)16-20-12-14-21(15-13-20)19(3)27(31)33-26-17-22-8-4-6-10-24(22)30(28(29)32)25-11-7-5-9-23(25)26/h5,7-15,18-19,26H,4,6,16-17H2,1-3H3,(H2,29,32)/t19-,26-/m1/s1. The summed E-state index contributed by atoms with van der Waals surface area (Å²) in [5, 5.41) is 0. The molecule has 2 N–H and O–H groups in total. The van der Waals surface area contributed by atoms with Gasteiger partial charge in [-0.3, -0.25) is 9.69 Å². The number of benzene rings is 2. The molecule has 0 unspecified atom stereocenters. The summed E-state index contributed by atoms with van der Waals surface area (Å²) < 4.78 is 6.10. The summed E-state index contributed by atoms with van der Waals surface area (Å²) in [5.74, 6) is -0.0847. The Morgan fingerprint density at radius 1 is 1.03 bits per heavy atom. The molecule has 5 heteroatoms. The topological polar surface area (TPSA) is 72.6 Å². The maximum atomic E-state index is 13.2. The molecule has 0 radical (unpaired) electrons. The van der Waals surface area contributed by atoms with E-state index in [1.807, 2.05) is 49.4 Å². The van der Waals surface area contributed by atoms with E-state index in [4.69, 9.17) is 10.5 Å². The average Bonchev–Trinajstić information content (AvgIpc) is 2.93. The van der Waals surface area contributed by atoms with Crippen LogP contribution in [0.2, 0.25) is 0 Å². The number of anilines is 1. The van der Waals surface area contributed by atoms with Crippen molar-refractivity contribution in [3.63, 3.8) is 0 Å². The first-order valence-electron chi connectivity index (χ1n) is 11.7. The fourth-order valence-electron chi connectivity index (χ4n) is 4.67. The Bertz CT molecular complexity index is 1100. The molecule has 2 atom stereocenters. The van der Waals surface area contributed by atoms with E-state index < -0.39 is 18.1 Å². The molecule has 0 spiro atoms. The van der Waals surface area contributed by atoms with Crippen molar-refractivity contribution in [2.24, 2.45) is 11.7 Å².